The van der Waals surface area contributed by atoms with Gasteiger partial charge in [-0.25, -0.2) is 18.4 Å². The Morgan fingerprint density at radius 1 is 0.941 bits per heavy atom. The van der Waals surface area contributed by atoms with Gasteiger partial charge in [-0.1, -0.05) is 30.3 Å². The number of nitrogens with zero attached hydrogens (tertiary/aromatic N) is 4. The number of hydrogen-bond donors (Lipinski definition) is 1. The number of primary amides is 1. The van der Waals surface area contributed by atoms with Crippen molar-refractivity contribution in [2.75, 3.05) is 31.1 Å². The van der Waals surface area contributed by atoms with Crippen molar-refractivity contribution < 1.29 is 26.4 Å². The Labute approximate surface area is 193 Å². The molecule has 3 aromatic rings. The van der Waals surface area contributed by atoms with E-state index >= 15 is 0 Å². The van der Waals surface area contributed by atoms with Gasteiger partial charge in [0.05, 0.1) is 4.90 Å². The van der Waals surface area contributed by atoms with Crippen molar-refractivity contribution >= 4 is 21.9 Å². The predicted octanol–water partition coefficient (Wildman–Crippen LogP) is 2.77. The third-order valence-electron chi connectivity index (χ3n) is 5.45. The Bertz CT molecular complexity index is 1310. The Morgan fingerprint density at radius 3 is 2.21 bits per heavy atom. The summed E-state index contributed by atoms with van der Waals surface area (Å²) < 4.78 is 66.2. The van der Waals surface area contributed by atoms with Crippen LogP contribution in [0.2, 0.25) is 0 Å². The van der Waals surface area contributed by atoms with Gasteiger partial charge in [0.15, 0.2) is 0 Å². The molecular formula is C22H20F3N5O3S. The Morgan fingerprint density at radius 2 is 1.59 bits per heavy atom. The van der Waals surface area contributed by atoms with Gasteiger partial charge in [0.25, 0.3) is 0 Å². The summed E-state index contributed by atoms with van der Waals surface area (Å²) in [4.78, 5) is 20.7. The largest absolute Gasteiger partial charge is 0.433 e. The zero-order valence-electron chi connectivity index (χ0n) is 17.7. The number of carbonyl (C=O) groups excluding carboxylic acids is 1. The first kappa shape index (κ1) is 23.6. The number of benzene rings is 2. The van der Waals surface area contributed by atoms with Crippen LogP contribution in [-0.2, 0) is 16.2 Å². The first-order valence-electron chi connectivity index (χ1n) is 10.2. The zero-order valence-corrected chi connectivity index (χ0v) is 18.6. The van der Waals surface area contributed by atoms with Crippen LogP contribution < -0.4 is 10.6 Å². The molecule has 0 bridgehead atoms. The molecule has 1 fully saturated rings. The van der Waals surface area contributed by atoms with E-state index < -0.39 is 27.8 Å². The lowest BCUT2D eigenvalue weighted by Gasteiger charge is -2.34. The number of sulfonamides is 1. The number of anilines is 1. The van der Waals surface area contributed by atoms with Crippen LogP contribution in [0.15, 0.2) is 65.7 Å². The number of rotatable bonds is 5. The molecule has 1 amide bonds. The van der Waals surface area contributed by atoms with Gasteiger partial charge >= 0.3 is 6.18 Å². The van der Waals surface area contributed by atoms with E-state index in [2.05, 4.69) is 9.97 Å². The zero-order chi connectivity index (χ0) is 24.5. The second kappa shape index (κ2) is 9.03. The highest BCUT2D eigenvalue weighted by atomic mass is 32.2. The van der Waals surface area contributed by atoms with E-state index in [0.717, 1.165) is 12.3 Å². The molecule has 12 heteroatoms. The summed E-state index contributed by atoms with van der Waals surface area (Å²) in [6.45, 7) is 0.414. The van der Waals surface area contributed by atoms with Gasteiger partial charge in [-0.15, -0.1) is 0 Å². The van der Waals surface area contributed by atoms with Crippen LogP contribution in [0.4, 0.5) is 19.1 Å². The number of piperazine rings is 1. The van der Waals surface area contributed by atoms with Crippen molar-refractivity contribution in [3.8, 4) is 11.1 Å². The van der Waals surface area contributed by atoms with Crippen LogP contribution in [0.25, 0.3) is 11.1 Å². The molecule has 2 heterocycles. The van der Waals surface area contributed by atoms with Crippen molar-refractivity contribution in [3.05, 3.63) is 72.1 Å². The highest BCUT2D eigenvalue weighted by Gasteiger charge is 2.34. The molecule has 0 unspecified atom stereocenters. The summed E-state index contributed by atoms with van der Waals surface area (Å²) in [7, 11) is -3.83. The highest BCUT2D eigenvalue weighted by Crippen LogP contribution is 2.29. The van der Waals surface area contributed by atoms with Crippen molar-refractivity contribution in [3.63, 3.8) is 0 Å². The van der Waals surface area contributed by atoms with Crippen LogP contribution in [0.3, 0.4) is 0 Å². The monoisotopic (exact) mass is 491 g/mol. The molecule has 2 N–H and O–H groups in total. The minimum atomic E-state index is -4.59. The lowest BCUT2D eigenvalue weighted by atomic mass is 9.99. The fourth-order valence-electron chi connectivity index (χ4n) is 3.69. The molecule has 8 nitrogen and oxygen atoms in total. The van der Waals surface area contributed by atoms with Gasteiger partial charge in [-0.05, 0) is 35.4 Å². The van der Waals surface area contributed by atoms with Gasteiger partial charge in [0.1, 0.15) is 5.69 Å². The second-order valence-electron chi connectivity index (χ2n) is 7.56. The maximum atomic E-state index is 13.1. The Balaban J connectivity index is 1.49. The average molecular weight is 491 g/mol. The third kappa shape index (κ3) is 4.73. The SMILES string of the molecule is NC(=O)c1ccccc1-c1ccc(S(=O)(=O)N2CCN(c3nccc(C(F)(F)F)n3)CC2)cc1. The molecular weight excluding hydrogens is 471 g/mol. The summed E-state index contributed by atoms with van der Waals surface area (Å²) >= 11 is 0. The van der Waals surface area contributed by atoms with E-state index in [-0.39, 0.29) is 37.0 Å². The molecule has 0 atom stereocenters. The van der Waals surface area contributed by atoms with Crippen LogP contribution in [0.5, 0.6) is 0 Å². The smallest absolute Gasteiger partial charge is 0.366 e. The van der Waals surface area contributed by atoms with Crippen molar-refractivity contribution in [2.45, 2.75) is 11.1 Å². The minimum Gasteiger partial charge on any atom is -0.366 e. The fraction of sp³-hybridized carbons (Fsp3) is 0.227. The number of alkyl halides is 3. The Hall–Kier alpha value is -3.51. The predicted molar refractivity (Wildman–Crippen MR) is 118 cm³/mol. The van der Waals surface area contributed by atoms with E-state index in [4.69, 9.17) is 5.73 Å². The summed E-state index contributed by atoms with van der Waals surface area (Å²) in [5.41, 5.74) is 5.93. The van der Waals surface area contributed by atoms with E-state index in [0.29, 0.717) is 16.7 Å². The highest BCUT2D eigenvalue weighted by molar-refractivity contribution is 7.89. The summed E-state index contributed by atoms with van der Waals surface area (Å²) in [5.74, 6) is -0.681. The number of hydrogen-bond acceptors (Lipinski definition) is 6. The second-order valence-corrected chi connectivity index (χ2v) is 9.50. The van der Waals surface area contributed by atoms with Gasteiger partial charge in [-0.3, -0.25) is 4.79 Å². The van der Waals surface area contributed by atoms with Crippen LogP contribution in [0, 0.1) is 0 Å². The molecule has 0 radical (unpaired) electrons. The Kier molecular flexibility index (Phi) is 6.28. The lowest BCUT2D eigenvalue weighted by Crippen LogP contribution is -2.49. The first-order valence-corrected chi connectivity index (χ1v) is 11.7. The molecule has 0 spiro atoms. The summed E-state index contributed by atoms with van der Waals surface area (Å²) in [5, 5.41) is 0. The average Bonchev–Trinajstić information content (AvgIpc) is 2.84. The topological polar surface area (TPSA) is 109 Å². The molecule has 0 saturated carbocycles. The number of amides is 1. The number of carbonyl (C=O) groups is 1. The van der Waals surface area contributed by atoms with Crippen LogP contribution >= 0.6 is 0 Å². The molecule has 178 valence electrons. The number of aromatic nitrogens is 2. The first-order chi connectivity index (χ1) is 16.1. The maximum Gasteiger partial charge on any atom is 0.433 e. The molecule has 0 aliphatic carbocycles. The number of halogens is 3. The van der Waals surface area contributed by atoms with E-state index in [9.17, 15) is 26.4 Å². The van der Waals surface area contributed by atoms with Crippen LogP contribution in [0.1, 0.15) is 16.1 Å². The van der Waals surface area contributed by atoms with Crippen molar-refractivity contribution in [1.82, 2.24) is 14.3 Å². The molecule has 1 saturated heterocycles. The quantitative estimate of drug-likeness (QED) is 0.588. The molecule has 4 rings (SSSR count). The van der Waals surface area contributed by atoms with Crippen molar-refractivity contribution in [1.29, 1.82) is 0 Å². The van der Waals surface area contributed by atoms with Gasteiger partial charge in [0.2, 0.25) is 21.9 Å². The molecule has 1 aliphatic heterocycles. The van der Waals surface area contributed by atoms with E-state index in [1.165, 1.54) is 21.3 Å². The van der Waals surface area contributed by atoms with Gasteiger partial charge in [-0.2, -0.15) is 17.5 Å². The lowest BCUT2D eigenvalue weighted by molar-refractivity contribution is -0.141. The van der Waals surface area contributed by atoms with Crippen molar-refractivity contribution in [2.24, 2.45) is 5.73 Å². The van der Waals surface area contributed by atoms with E-state index in [1.54, 1.807) is 36.4 Å². The van der Waals surface area contributed by atoms with E-state index in [1.807, 2.05) is 0 Å². The fourth-order valence-corrected chi connectivity index (χ4v) is 5.11. The number of nitrogens with two attached hydrogens (primary N) is 1. The molecule has 34 heavy (non-hydrogen) atoms. The normalized spacial score (nSPS) is 15.3. The van der Waals surface area contributed by atoms with Gasteiger partial charge in [0, 0.05) is 37.9 Å². The van der Waals surface area contributed by atoms with Crippen LogP contribution in [-0.4, -0.2) is 54.8 Å². The molecule has 1 aromatic heterocycles. The van der Waals surface area contributed by atoms with Gasteiger partial charge < -0.3 is 10.6 Å². The minimum absolute atomic E-state index is 0.0637. The summed E-state index contributed by atoms with van der Waals surface area (Å²) in [6.07, 6.45) is -3.56. The molecule has 1 aliphatic rings. The molecule has 2 aromatic carbocycles. The standard InChI is InChI=1S/C22H20F3N5O3S/c23-22(24,25)19-9-10-27-21(28-19)29-11-13-30(14-12-29)34(32,33)16-7-5-15(6-8-16)17-3-1-2-4-18(17)20(26)31/h1-10H,11-14H2,(H2,26,31). The maximum absolute atomic E-state index is 13.1. The third-order valence-corrected chi connectivity index (χ3v) is 7.36. The summed E-state index contributed by atoms with van der Waals surface area (Å²) in [6, 6.07) is 13.6.